The van der Waals surface area contributed by atoms with E-state index >= 15 is 0 Å². The van der Waals surface area contributed by atoms with Gasteiger partial charge in [-0.05, 0) is 136 Å². The molecule has 7 heteroatoms. The quantitative estimate of drug-likeness (QED) is 0.298. The van der Waals surface area contributed by atoms with Crippen molar-refractivity contribution in [2.45, 2.75) is 139 Å². The molecule has 51 heavy (non-hydrogen) atoms. The van der Waals surface area contributed by atoms with Crippen LogP contribution in [0.5, 0.6) is 0 Å². The molecule has 1 aromatic rings. The maximum atomic E-state index is 14.8. The first-order chi connectivity index (χ1) is 23.6. The molecule has 6 rings (SSSR count). The molecule has 4 fully saturated rings. The van der Waals surface area contributed by atoms with Crippen LogP contribution >= 0.6 is 0 Å². The number of benzene rings is 1. The van der Waals surface area contributed by atoms with Gasteiger partial charge in [0.15, 0.2) is 5.78 Å². The summed E-state index contributed by atoms with van der Waals surface area (Å²) >= 11 is 0. The Morgan fingerprint density at radius 3 is 2.20 bits per heavy atom. The van der Waals surface area contributed by atoms with Crippen LogP contribution < -0.4 is 5.32 Å². The Bertz CT molecular complexity index is 1610. The Morgan fingerprint density at radius 1 is 0.863 bits per heavy atom. The van der Waals surface area contributed by atoms with Crippen molar-refractivity contribution >= 4 is 23.6 Å². The van der Waals surface area contributed by atoms with Crippen molar-refractivity contribution < 1.29 is 28.7 Å². The summed E-state index contributed by atoms with van der Waals surface area (Å²) in [5.41, 5.74) is 0.0865. The monoisotopic (exact) mass is 701 g/mol. The zero-order chi connectivity index (χ0) is 37.4. The van der Waals surface area contributed by atoms with Crippen molar-refractivity contribution in [1.82, 2.24) is 5.32 Å². The van der Waals surface area contributed by atoms with Gasteiger partial charge in [-0.2, -0.15) is 0 Å². The molecule has 5 aliphatic carbocycles. The molecule has 0 saturated heterocycles. The highest BCUT2D eigenvalue weighted by Gasteiger charge is 2.70. The summed E-state index contributed by atoms with van der Waals surface area (Å²) in [4.78, 5) is 54.7. The van der Waals surface area contributed by atoms with Crippen molar-refractivity contribution in [2.75, 3.05) is 6.54 Å². The lowest BCUT2D eigenvalue weighted by atomic mass is 9.33. The van der Waals surface area contributed by atoms with Gasteiger partial charge in [0.25, 0.3) is 0 Å². The van der Waals surface area contributed by atoms with Crippen LogP contribution in [0.2, 0.25) is 0 Å². The molecule has 1 aromatic carbocycles. The van der Waals surface area contributed by atoms with Crippen molar-refractivity contribution in [1.29, 1.82) is 0 Å². The van der Waals surface area contributed by atoms with Crippen LogP contribution in [-0.2, 0) is 35.3 Å². The molecule has 1 amide bonds. The van der Waals surface area contributed by atoms with E-state index in [1.165, 1.54) is 5.57 Å². The molecule has 0 aliphatic heterocycles. The summed E-state index contributed by atoms with van der Waals surface area (Å²) in [6.45, 7) is 21.7. The number of amides is 1. The standard InChI is InChI=1S/C44H63NO6/c1-38(2,3)51-34(47)26-45-36(48)29-16-18-42(8)33(39(29,4)5)17-19-44(10)35(42)32(46)24-30-31-25-41(7,21-20-40(31,6)22-23-43(30,44)9)37(49)50-27-28-14-12-11-13-15-28/h11-15,24,29,31,33,35H,16-23,25-27H2,1-10H3,(H,45,48)/t29-,31+,33+,35-,40-,41+,42+,43-,44-/m1/s1. The molecule has 0 unspecified atom stereocenters. The van der Waals surface area contributed by atoms with Crippen molar-refractivity contribution in [3.63, 3.8) is 0 Å². The molecule has 1 N–H and O–H groups in total. The Labute approximate surface area is 306 Å². The minimum atomic E-state index is -0.609. The lowest BCUT2D eigenvalue weighted by Gasteiger charge is -2.70. The average molecular weight is 702 g/mol. The third-order valence-corrected chi connectivity index (χ3v) is 15.5. The summed E-state index contributed by atoms with van der Waals surface area (Å²) < 4.78 is 11.4. The molecule has 4 saturated carbocycles. The molecule has 0 aromatic heterocycles. The molecule has 280 valence electrons. The van der Waals surface area contributed by atoms with E-state index in [9.17, 15) is 19.2 Å². The number of ketones is 1. The smallest absolute Gasteiger partial charge is 0.325 e. The van der Waals surface area contributed by atoms with Gasteiger partial charge in [0.2, 0.25) is 5.91 Å². The molecule has 7 nitrogen and oxygen atoms in total. The van der Waals surface area contributed by atoms with Gasteiger partial charge in [0, 0.05) is 11.8 Å². The number of fused-ring (bicyclic) bond motifs is 7. The SMILES string of the molecule is CC(C)(C)OC(=O)CNC(=O)[C@H]1CC[C@]2(C)[C@H]3C(=O)C=C4[C@@H]5C[C@@](C)(C(=O)OCc6ccccc6)CC[C@]5(C)CC[C@@]4(C)[C@]3(C)CC[C@H]2C1(C)C. The maximum absolute atomic E-state index is 14.8. The van der Waals surface area contributed by atoms with E-state index in [0.29, 0.717) is 12.8 Å². The van der Waals surface area contributed by atoms with Crippen molar-refractivity contribution in [2.24, 2.45) is 56.2 Å². The Hall–Kier alpha value is -2.96. The maximum Gasteiger partial charge on any atom is 0.325 e. The van der Waals surface area contributed by atoms with E-state index in [2.05, 4.69) is 59.9 Å². The molecular weight excluding hydrogens is 638 g/mol. The van der Waals surface area contributed by atoms with Gasteiger partial charge in [-0.15, -0.1) is 0 Å². The number of rotatable bonds is 6. The highest BCUT2D eigenvalue weighted by atomic mass is 16.6. The van der Waals surface area contributed by atoms with Gasteiger partial charge >= 0.3 is 11.9 Å². The number of hydrogen-bond acceptors (Lipinski definition) is 6. The fourth-order valence-electron chi connectivity index (χ4n) is 12.4. The molecule has 0 spiro atoms. The minimum absolute atomic E-state index is 0.0435. The number of carbonyl (C=O) groups is 4. The highest BCUT2D eigenvalue weighted by Crippen LogP contribution is 2.75. The number of ether oxygens (including phenoxy) is 2. The van der Waals surface area contributed by atoms with Crippen LogP contribution in [0.4, 0.5) is 0 Å². The largest absolute Gasteiger partial charge is 0.460 e. The second-order valence-corrected chi connectivity index (χ2v) is 20.0. The van der Waals surface area contributed by atoms with Gasteiger partial charge < -0.3 is 14.8 Å². The highest BCUT2D eigenvalue weighted by molar-refractivity contribution is 5.96. The lowest BCUT2D eigenvalue weighted by Crippen LogP contribution is -2.66. The average Bonchev–Trinajstić information content (AvgIpc) is 3.03. The van der Waals surface area contributed by atoms with Crippen LogP contribution in [0.3, 0.4) is 0 Å². The lowest BCUT2D eigenvalue weighted by molar-refractivity contribution is -0.195. The normalized spacial score (nSPS) is 40.0. The van der Waals surface area contributed by atoms with E-state index in [0.717, 1.165) is 50.5 Å². The number of nitrogens with one attached hydrogen (secondary N) is 1. The molecular formula is C44H63NO6. The van der Waals surface area contributed by atoms with Crippen LogP contribution in [-0.4, -0.2) is 35.8 Å². The Kier molecular flexibility index (Phi) is 9.32. The topological polar surface area (TPSA) is 98.8 Å². The third-order valence-electron chi connectivity index (χ3n) is 15.5. The van der Waals surface area contributed by atoms with Gasteiger partial charge in [0.05, 0.1) is 5.41 Å². The van der Waals surface area contributed by atoms with E-state index in [4.69, 9.17) is 9.47 Å². The van der Waals surface area contributed by atoms with Crippen molar-refractivity contribution in [3.8, 4) is 0 Å². The number of carbonyl (C=O) groups excluding carboxylic acids is 4. The fraction of sp³-hybridized carbons (Fsp3) is 0.727. The van der Waals surface area contributed by atoms with Crippen LogP contribution in [0.15, 0.2) is 42.0 Å². The zero-order valence-electron chi connectivity index (χ0n) is 33.0. The summed E-state index contributed by atoms with van der Waals surface area (Å²) in [7, 11) is 0. The minimum Gasteiger partial charge on any atom is -0.460 e. The van der Waals surface area contributed by atoms with Gasteiger partial charge in [-0.25, -0.2) is 0 Å². The summed E-state index contributed by atoms with van der Waals surface area (Å²) in [6, 6.07) is 9.87. The van der Waals surface area contributed by atoms with E-state index < -0.39 is 17.0 Å². The fourth-order valence-corrected chi connectivity index (χ4v) is 12.4. The molecule has 0 bridgehead atoms. The van der Waals surface area contributed by atoms with E-state index in [1.807, 2.05) is 51.1 Å². The number of allylic oxidation sites excluding steroid dienone is 2. The van der Waals surface area contributed by atoms with Crippen molar-refractivity contribution in [3.05, 3.63) is 47.5 Å². The number of esters is 2. The second kappa shape index (κ2) is 12.6. The predicted octanol–water partition coefficient (Wildman–Crippen LogP) is 8.78. The van der Waals surface area contributed by atoms with Gasteiger partial charge in [0.1, 0.15) is 18.8 Å². The summed E-state index contributed by atoms with van der Waals surface area (Å²) in [6.07, 6.45) is 9.98. The van der Waals surface area contributed by atoms with Gasteiger partial charge in [-0.3, -0.25) is 19.2 Å². The first-order valence-corrected chi connectivity index (χ1v) is 19.6. The van der Waals surface area contributed by atoms with Crippen LogP contribution in [0.1, 0.15) is 133 Å². The summed E-state index contributed by atoms with van der Waals surface area (Å²) in [5, 5.41) is 2.89. The zero-order valence-corrected chi connectivity index (χ0v) is 33.0. The second-order valence-electron chi connectivity index (χ2n) is 20.0. The predicted molar refractivity (Wildman–Crippen MR) is 198 cm³/mol. The Balaban J connectivity index is 1.25. The number of hydrogen-bond donors (Lipinski definition) is 1. The summed E-state index contributed by atoms with van der Waals surface area (Å²) in [5.74, 6) is -0.483. The van der Waals surface area contributed by atoms with Crippen LogP contribution in [0, 0.1) is 56.2 Å². The first kappa shape index (κ1) is 37.8. The third kappa shape index (κ3) is 6.20. The van der Waals surface area contributed by atoms with Crippen LogP contribution in [0.25, 0.3) is 0 Å². The Morgan fingerprint density at radius 2 is 1.53 bits per heavy atom. The van der Waals surface area contributed by atoms with E-state index in [-0.39, 0.29) is 81.6 Å². The molecule has 0 radical (unpaired) electrons. The van der Waals surface area contributed by atoms with E-state index in [1.54, 1.807) is 0 Å². The first-order valence-electron chi connectivity index (χ1n) is 19.6. The molecule has 5 aliphatic rings. The molecule has 9 atom stereocenters. The van der Waals surface area contributed by atoms with Gasteiger partial charge in [-0.1, -0.05) is 77.4 Å². The molecule has 0 heterocycles.